The van der Waals surface area contributed by atoms with E-state index < -0.39 is 0 Å². The molecular formula is C9H14N3+. The van der Waals surface area contributed by atoms with Crippen LogP contribution < -0.4 is 4.59 Å². The zero-order chi connectivity index (χ0) is 8.60. The molecule has 1 atom stereocenters. The highest BCUT2D eigenvalue weighted by atomic mass is 15.7. The van der Waals surface area contributed by atoms with E-state index in [1.54, 1.807) is 0 Å². The first-order chi connectivity index (χ1) is 5.71. The first-order valence-corrected chi connectivity index (χ1v) is 4.09. The van der Waals surface area contributed by atoms with Crippen LogP contribution in [0, 0.1) is 0 Å². The smallest absolute Gasteiger partial charge is 0.181 e. The molecule has 0 spiro atoms. The lowest BCUT2D eigenvalue weighted by Crippen LogP contribution is -2.49. The molecule has 0 saturated carbocycles. The molecular weight excluding hydrogens is 150 g/mol. The number of aromatic nitrogens is 1. The Hall–Kier alpha value is -1.22. The van der Waals surface area contributed by atoms with Gasteiger partial charge in [-0.2, -0.15) is 4.59 Å². The van der Waals surface area contributed by atoms with Crippen molar-refractivity contribution < 1.29 is 0 Å². The molecule has 2 heterocycles. The van der Waals surface area contributed by atoms with Crippen molar-refractivity contribution in [3.8, 4) is 0 Å². The molecule has 1 aromatic rings. The van der Waals surface area contributed by atoms with Crippen molar-refractivity contribution in [2.75, 3.05) is 20.8 Å². The van der Waals surface area contributed by atoms with Crippen LogP contribution >= 0.6 is 0 Å². The Bertz CT molecular complexity index is 289. The standard InChI is InChI=1S/C9H14N3/c1-10-7-8-12(2,9-10)11-5-3-4-6-11/h3-8H,9H2,1-2H3/q+1. The number of rotatable bonds is 1. The van der Waals surface area contributed by atoms with Crippen molar-refractivity contribution in [1.82, 2.24) is 14.2 Å². The fourth-order valence-electron chi connectivity index (χ4n) is 1.58. The Balaban J connectivity index is 2.30. The van der Waals surface area contributed by atoms with Crippen molar-refractivity contribution in [2.45, 2.75) is 0 Å². The summed E-state index contributed by atoms with van der Waals surface area (Å²) in [5.74, 6) is 0. The summed E-state index contributed by atoms with van der Waals surface area (Å²) >= 11 is 0. The molecule has 0 saturated heterocycles. The van der Waals surface area contributed by atoms with Crippen molar-refractivity contribution >= 4 is 0 Å². The minimum absolute atomic E-state index is 0.809. The van der Waals surface area contributed by atoms with Gasteiger partial charge in [-0.1, -0.05) is 0 Å². The van der Waals surface area contributed by atoms with Crippen LogP contribution in [-0.2, 0) is 0 Å². The SMILES string of the molecule is CN1C=C[N+](C)(n2cccc2)C1. The fourth-order valence-corrected chi connectivity index (χ4v) is 1.58. The van der Waals surface area contributed by atoms with Gasteiger partial charge in [0.15, 0.2) is 6.67 Å². The molecule has 0 fully saturated rings. The second kappa shape index (κ2) is 2.38. The van der Waals surface area contributed by atoms with Gasteiger partial charge >= 0.3 is 0 Å². The minimum Gasteiger partial charge on any atom is -0.327 e. The first kappa shape index (κ1) is 7.43. The summed E-state index contributed by atoms with van der Waals surface area (Å²) in [4.78, 5) is 2.18. The molecule has 0 aliphatic carbocycles. The summed E-state index contributed by atoms with van der Waals surface area (Å²) < 4.78 is 2.99. The Labute approximate surface area is 72.7 Å². The zero-order valence-electron chi connectivity index (χ0n) is 7.51. The molecule has 1 aliphatic heterocycles. The van der Waals surface area contributed by atoms with Crippen LogP contribution in [0.1, 0.15) is 0 Å². The average molecular weight is 164 g/mol. The maximum absolute atomic E-state index is 2.18. The topological polar surface area (TPSA) is 8.17 Å². The van der Waals surface area contributed by atoms with E-state index in [9.17, 15) is 0 Å². The molecule has 0 amide bonds. The van der Waals surface area contributed by atoms with Crippen molar-refractivity contribution in [3.63, 3.8) is 0 Å². The molecule has 2 rings (SSSR count). The molecule has 12 heavy (non-hydrogen) atoms. The van der Waals surface area contributed by atoms with E-state index in [0.717, 1.165) is 11.3 Å². The monoisotopic (exact) mass is 164 g/mol. The van der Waals surface area contributed by atoms with Gasteiger partial charge in [0.2, 0.25) is 0 Å². The normalized spacial score (nSPS) is 28.3. The van der Waals surface area contributed by atoms with Crippen LogP contribution in [0.4, 0.5) is 0 Å². The predicted octanol–water partition coefficient (Wildman–Crippen LogP) is 0.931. The molecule has 3 nitrogen and oxygen atoms in total. The van der Waals surface area contributed by atoms with Crippen molar-refractivity contribution in [2.24, 2.45) is 0 Å². The third-order valence-corrected chi connectivity index (χ3v) is 2.27. The molecule has 0 N–H and O–H groups in total. The van der Waals surface area contributed by atoms with E-state index in [-0.39, 0.29) is 0 Å². The maximum Gasteiger partial charge on any atom is 0.181 e. The van der Waals surface area contributed by atoms with Gasteiger partial charge < -0.3 is 4.90 Å². The van der Waals surface area contributed by atoms with E-state index in [0.29, 0.717) is 0 Å². The highest BCUT2D eigenvalue weighted by Gasteiger charge is 2.26. The van der Waals surface area contributed by atoms with E-state index in [1.165, 1.54) is 0 Å². The number of hydrogen-bond donors (Lipinski definition) is 0. The molecule has 1 aliphatic rings. The highest BCUT2D eigenvalue weighted by molar-refractivity contribution is 5.04. The Morgan fingerprint density at radius 1 is 1.25 bits per heavy atom. The molecule has 64 valence electrons. The molecule has 0 radical (unpaired) electrons. The van der Waals surface area contributed by atoms with Crippen LogP contribution in [-0.4, -0.2) is 30.3 Å². The summed E-state index contributed by atoms with van der Waals surface area (Å²) in [6.07, 6.45) is 8.47. The third-order valence-electron chi connectivity index (χ3n) is 2.27. The van der Waals surface area contributed by atoms with Gasteiger partial charge in [0, 0.05) is 7.05 Å². The number of nitrogens with zero attached hydrogens (tertiary/aromatic N) is 3. The third kappa shape index (κ3) is 1.02. The van der Waals surface area contributed by atoms with Crippen LogP contribution in [0.15, 0.2) is 36.9 Å². The van der Waals surface area contributed by atoms with Gasteiger partial charge in [0.1, 0.15) is 6.20 Å². The summed E-state index contributed by atoms with van der Waals surface area (Å²) in [5.41, 5.74) is 0. The maximum atomic E-state index is 2.18. The first-order valence-electron chi connectivity index (χ1n) is 4.09. The van der Waals surface area contributed by atoms with E-state index in [1.807, 2.05) is 0 Å². The molecule has 3 heteroatoms. The van der Waals surface area contributed by atoms with E-state index >= 15 is 0 Å². The lowest BCUT2D eigenvalue weighted by molar-refractivity contribution is 0.200. The summed E-state index contributed by atoms with van der Waals surface area (Å²) in [6.45, 7) is 0.995. The second-order valence-electron chi connectivity index (χ2n) is 3.47. The minimum atomic E-state index is 0.809. The van der Waals surface area contributed by atoms with Crippen LogP contribution in [0.5, 0.6) is 0 Å². The van der Waals surface area contributed by atoms with Gasteiger partial charge in [-0.3, -0.25) is 0 Å². The van der Waals surface area contributed by atoms with E-state index in [2.05, 4.69) is 60.6 Å². The fraction of sp³-hybridized carbons (Fsp3) is 0.333. The second-order valence-corrected chi connectivity index (χ2v) is 3.47. The van der Waals surface area contributed by atoms with Gasteiger partial charge in [-0.05, 0) is 12.1 Å². The number of hydrogen-bond acceptors (Lipinski definition) is 1. The van der Waals surface area contributed by atoms with Gasteiger partial charge in [0.05, 0.1) is 25.6 Å². The van der Waals surface area contributed by atoms with Gasteiger partial charge in [0.25, 0.3) is 0 Å². The summed E-state index contributed by atoms with van der Waals surface area (Å²) in [7, 11) is 4.27. The van der Waals surface area contributed by atoms with Crippen molar-refractivity contribution in [1.29, 1.82) is 0 Å². The molecule has 1 unspecified atom stereocenters. The van der Waals surface area contributed by atoms with Crippen LogP contribution in [0.2, 0.25) is 0 Å². The average Bonchev–Trinajstić information content (AvgIpc) is 2.59. The van der Waals surface area contributed by atoms with Gasteiger partial charge in [-0.15, -0.1) is 0 Å². The summed E-state index contributed by atoms with van der Waals surface area (Å²) in [6, 6.07) is 4.10. The van der Waals surface area contributed by atoms with Crippen molar-refractivity contribution in [3.05, 3.63) is 36.9 Å². The van der Waals surface area contributed by atoms with Gasteiger partial charge in [-0.25, -0.2) is 4.68 Å². The summed E-state index contributed by atoms with van der Waals surface area (Å²) in [5, 5.41) is 0. The molecule has 1 aromatic heterocycles. The quantitative estimate of drug-likeness (QED) is 0.561. The van der Waals surface area contributed by atoms with E-state index in [4.69, 9.17) is 0 Å². The Kier molecular flexibility index (Phi) is 1.48. The lowest BCUT2D eigenvalue weighted by atomic mass is 10.7. The lowest BCUT2D eigenvalue weighted by Gasteiger charge is -2.27. The van der Waals surface area contributed by atoms with Crippen LogP contribution in [0.3, 0.4) is 0 Å². The zero-order valence-corrected chi connectivity index (χ0v) is 7.51. The predicted molar refractivity (Wildman–Crippen MR) is 49.7 cm³/mol. The van der Waals surface area contributed by atoms with Crippen LogP contribution in [0.25, 0.3) is 0 Å². The molecule has 0 aromatic carbocycles. The largest absolute Gasteiger partial charge is 0.327 e. The highest BCUT2D eigenvalue weighted by Crippen LogP contribution is 2.11. The molecule has 0 bridgehead atoms. The Morgan fingerprint density at radius 2 is 1.92 bits per heavy atom. The number of quaternary nitrogens is 1. The Morgan fingerprint density at radius 3 is 2.42 bits per heavy atom.